The molecule has 0 saturated carbocycles. The highest BCUT2D eigenvalue weighted by Gasteiger charge is 2.12. The first-order chi connectivity index (χ1) is 10.1. The molecule has 112 valence electrons. The van der Waals surface area contributed by atoms with E-state index < -0.39 is 0 Å². The number of ether oxygens (including phenoxy) is 2. The maximum absolute atomic E-state index is 5.75. The molecule has 0 saturated heterocycles. The van der Waals surface area contributed by atoms with Gasteiger partial charge in [-0.2, -0.15) is 0 Å². The van der Waals surface area contributed by atoms with E-state index in [2.05, 4.69) is 34.1 Å². The zero-order valence-corrected chi connectivity index (χ0v) is 14.3. The molecule has 0 N–H and O–H groups in total. The third-order valence-corrected chi connectivity index (χ3v) is 4.04. The van der Waals surface area contributed by atoms with Gasteiger partial charge in [-0.1, -0.05) is 46.3 Å². The van der Waals surface area contributed by atoms with Gasteiger partial charge < -0.3 is 9.47 Å². The van der Waals surface area contributed by atoms with Gasteiger partial charge in [-0.05, 0) is 49.6 Å². The monoisotopic (exact) mass is 348 g/mol. The van der Waals surface area contributed by atoms with Crippen LogP contribution in [0.5, 0.6) is 11.5 Å². The lowest BCUT2D eigenvalue weighted by Gasteiger charge is -2.15. The summed E-state index contributed by atoms with van der Waals surface area (Å²) >= 11 is 3.78. The lowest BCUT2D eigenvalue weighted by atomic mass is 10.0. The summed E-state index contributed by atoms with van der Waals surface area (Å²) < 4.78 is 11.2. The summed E-state index contributed by atoms with van der Waals surface area (Å²) in [5, 5.41) is 0. The van der Waals surface area contributed by atoms with Crippen molar-refractivity contribution in [2.24, 2.45) is 0 Å². The van der Waals surface area contributed by atoms with Crippen molar-refractivity contribution >= 4 is 15.9 Å². The van der Waals surface area contributed by atoms with Crippen molar-refractivity contribution in [1.82, 2.24) is 0 Å². The fourth-order valence-corrected chi connectivity index (χ4v) is 2.87. The standard InChI is InChI=1S/C18H21BrO2/c1-13(2)21-16-9-6-8-14(11-16)17(19)12-15-7-4-5-10-18(15)20-3/h4-11,13,17H,12H2,1-3H3. The van der Waals surface area contributed by atoms with Crippen LogP contribution in [0.3, 0.4) is 0 Å². The number of methoxy groups -OCH3 is 1. The van der Waals surface area contributed by atoms with E-state index >= 15 is 0 Å². The third-order valence-electron chi connectivity index (χ3n) is 3.18. The highest BCUT2D eigenvalue weighted by Crippen LogP contribution is 2.32. The molecule has 2 rings (SSSR count). The summed E-state index contributed by atoms with van der Waals surface area (Å²) in [6.07, 6.45) is 1.05. The van der Waals surface area contributed by atoms with E-state index in [-0.39, 0.29) is 10.9 Å². The Kier molecular flexibility index (Phi) is 5.68. The SMILES string of the molecule is COc1ccccc1CC(Br)c1cccc(OC(C)C)c1. The Hall–Kier alpha value is -1.48. The molecule has 0 radical (unpaired) electrons. The predicted molar refractivity (Wildman–Crippen MR) is 90.6 cm³/mol. The first kappa shape index (κ1) is 15.9. The minimum Gasteiger partial charge on any atom is -0.496 e. The fourth-order valence-electron chi connectivity index (χ4n) is 2.24. The van der Waals surface area contributed by atoms with Crippen LogP contribution in [0.2, 0.25) is 0 Å². The first-order valence-electron chi connectivity index (χ1n) is 7.12. The van der Waals surface area contributed by atoms with Gasteiger partial charge in [0, 0.05) is 4.83 Å². The molecular formula is C18H21BrO2. The van der Waals surface area contributed by atoms with Crippen molar-refractivity contribution < 1.29 is 9.47 Å². The molecule has 1 atom stereocenters. The molecule has 0 fully saturated rings. The second-order valence-corrected chi connectivity index (χ2v) is 6.33. The van der Waals surface area contributed by atoms with Gasteiger partial charge in [-0.25, -0.2) is 0 Å². The van der Waals surface area contributed by atoms with Crippen LogP contribution in [0.25, 0.3) is 0 Å². The Morgan fingerprint density at radius 3 is 2.52 bits per heavy atom. The van der Waals surface area contributed by atoms with Gasteiger partial charge in [-0.15, -0.1) is 0 Å². The van der Waals surface area contributed by atoms with Crippen molar-refractivity contribution in [1.29, 1.82) is 0 Å². The van der Waals surface area contributed by atoms with Gasteiger partial charge in [0.25, 0.3) is 0 Å². The minimum absolute atomic E-state index is 0.184. The summed E-state index contributed by atoms with van der Waals surface area (Å²) in [4.78, 5) is 0.226. The quantitative estimate of drug-likeness (QED) is 0.671. The smallest absolute Gasteiger partial charge is 0.122 e. The number of benzene rings is 2. The largest absolute Gasteiger partial charge is 0.496 e. The number of halogens is 1. The van der Waals surface area contributed by atoms with E-state index in [1.54, 1.807) is 7.11 Å². The Labute approximate surface area is 135 Å². The third kappa shape index (κ3) is 4.50. The molecule has 2 nitrogen and oxygen atoms in total. The molecule has 0 aliphatic heterocycles. The Balaban J connectivity index is 2.14. The number of hydrogen-bond donors (Lipinski definition) is 0. The molecule has 0 aromatic heterocycles. The van der Waals surface area contributed by atoms with Crippen molar-refractivity contribution in [2.75, 3.05) is 7.11 Å². The molecular weight excluding hydrogens is 328 g/mol. The molecule has 2 aromatic carbocycles. The van der Waals surface area contributed by atoms with Crippen LogP contribution in [0.1, 0.15) is 29.8 Å². The molecule has 0 bridgehead atoms. The Morgan fingerprint density at radius 2 is 1.81 bits per heavy atom. The van der Waals surface area contributed by atoms with Crippen LogP contribution in [0.4, 0.5) is 0 Å². The summed E-state index contributed by atoms with van der Waals surface area (Å²) in [6, 6.07) is 16.3. The van der Waals surface area contributed by atoms with Gasteiger partial charge in [0.2, 0.25) is 0 Å². The number of alkyl halides is 1. The second-order valence-electron chi connectivity index (χ2n) is 5.22. The van der Waals surface area contributed by atoms with E-state index in [1.807, 2.05) is 44.2 Å². The van der Waals surface area contributed by atoms with Crippen LogP contribution in [-0.2, 0) is 6.42 Å². The maximum atomic E-state index is 5.75. The molecule has 1 unspecified atom stereocenters. The van der Waals surface area contributed by atoms with Crippen LogP contribution < -0.4 is 9.47 Å². The van der Waals surface area contributed by atoms with Gasteiger partial charge in [0.05, 0.1) is 13.2 Å². The summed E-state index contributed by atoms with van der Waals surface area (Å²) in [5.41, 5.74) is 2.40. The summed E-state index contributed by atoms with van der Waals surface area (Å²) in [6.45, 7) is 4.07. The molecule has 0 spiro atoms. The molecule has 0 amide bonds. The molecule has 21 heavy (non-hydrogen) atoms. The van der Waals surface area contributed by atoms with Crippen LogP contribution in [0, 0.1) is 0 Å². The number of rotatable bonds is 6. The minimum atomic E-state index is 0.184. The molecule has 3 heteroatoms. The van der Waals surface area contributed by atoms with Gasteiger partial charge >= 0.3 is 0 Å². The molecule has 2 aromatic rings. The van der Waals surface area contributed by atoms with Crippen LogP contribution in [0.15, 0.2) is 48.5 Å². The predicted octanol–water partition coefficient (Wildman–Crippen LogP) is 5.16. The van der Waals surface area contributed by atoms with E-state index in [0.29, 0.717) is 0 Å². The summed E-state index contributed by atoms with van der Waals surface area (Å²) in [5.74, 6) is 1.84. The highest BCUT2D eigenvalue weighted by atomic mass is 79.9. The van der Waals surface area contributed by atoms with Crippen molar-refractivity contribution in [3.8, 4) is 11.5 Å². The highest BCUT2D eigenvalue weighted by molar-refractivity contribution is 9.09. The van der Waals surface area contributed by atoms with Crippen LogP contribution in [-0.4, -0.2) is 13.2 Å². The zero-order chi connectivity index (χ0) is 15.2. The van der Waals surface area contributed by atoms with Crippen LogP contribution >= 0.6 is 15.9 Å². The van der Waals surface area contributed by atoms with E-state index in [9.17, 15) is 0 Å². The van der Waals surface area contributed by atoms with Crippen molar-refractivity contribution in [3.63, 3.8) is 0 Å². The van der Waals surface area contributed by atoms with Gasteiger partial charge in [0.1, 0.15) is 11.5 Å². The number of hydrogen-bond acceptors (Lipinski definition) is 2. The first-order valence-corrected chi connectivity index (χ1v) is 8.04. The average Bonchev–Trinajstić information content (AvgIpc) is 2.47. The Morgan fingerprint density at radius 1 is 1.05 bits per heavy atom. The van der Waals surface area contributed by atoms with Gasteiger partial charge in [-0.3, -0.25) is 0 Å². The lowest BCUT2D eigenvalue weighted by Crippen LogP contribution is -2.06. The van der Waals surface area contributed by atoms with E-state index in [1.165, 1.54) is 11.1 Å². The lowest BCUT2D eigenvalue weighted by molar-refractivity contribution is 0.242. The molecule has 0 aliphatic carbocycles. The normalized spacial score (nSPS) is 12.2. The number of para-hydroxylation sites is 1. The van der Waals surface area contributed by atoms with Crippen molar-refractivity contribution in [3.05, 3.63) is 59.7 Å². The maximum Gasteiger partial charge on any atom is 0.122 e. The van der Waals surface area contributed by atoms with Gasteiger partial charge in [0.15, 0.2) is 0 Å². The topological polar surface area (TPSA) is 18.5 Å². The summed E-state index contributed by atoms with van der Waals surface area (Å²) in [7, 11) is 1.71. The molecule has 0 heterocycles. The molecule has 0 aliphatic rings. The van der Waals surface area contributed by atoms with Crippen molar-refractivity contribution in [2.45, 2.75) is 31.2 Å². The van der Waals surface area contributed by atoms with E-state index in [4.69, 9.17) is 9.47 Å². The zero-order valence-electron chi connectivity index (χ0n) is 12.7. The average molecular weight is 349 g/mol. The fraction of sp³-hybridized carbons (Fsp3) is 0.333. The van der Waals surface area contributed by atoms with E-state index in [0.717, 1.165) is 17.9 Å². The Bertz CT molecular complexity index is 581. The second kappa shape index (κ2) is 7.51.